The number of amides is 1. The number of aryl methyl sites for hydroxylation is 1. The highest BCUT2D eigenvalue weighted by molar-refractivity contribution is 5.89. The van der Waals surface area contributed by atoms with Crippen molar-refractivity contribution in [3.63, 3.8) is 0 Å². The molecule has 0 unspecified atom stereocenters. The summed E-state index contributed by atoms with van der Waals surface area (Å²) < 4.78 is 11.1. The molecule has 1 amide bonds. The molecule has 6 heteroatoms. The molecule has 0 aliphatic heterocycles. The summed E-state index contributed by atoms with van der Waals surface area (Å²) in [5, 5.41) is 4.13. The van der Waals surface area contributed by atoms with Gasteiger partial charge in [-0.3, -0.25) is 4.90 Å². The molecule has 4 rings (SSSR count). The fraction of sp³-hybridized carbons (Fsp3) is 0.400. The van der Waals surface area contributed by atoms with E-state index < -0.39 is 5.60 Å². The van der Waals surface area contributed by atoms with Crippen molar-refractivity contribution in [2.75, 3.05) is 4.90 Å². The van der Waals surface area contributed by atoms with E-state index in [1.807, 2.05) is 76.2 Å². The van der Waals surface area contributed by atoms with Gasteiger partial charge in [-0.25, -0.2) is 4.79 Å². The van der Waals surface area contributed by atoms with E-state index in [9.17, 15) is 4.79 Å². The minimum Gasteiger partial charge on any atom is -0.443 e. The van der Waals surface area contributed by atoms with E-state index in [2.05, 4.69) is 10.1 Å². The quantitative estimate of drug-likeness (QED) is 0.490. The Kier molecular flexibility index (Phi) is 5.81. The molecule has 1 aliphatic rings. The molecule has 0 atom stereocenters. The molecule has 1 aliphatic carbocycles. The number of aromatic nitrogens is 2. The first-order valence-electron chi connectivity index (χ1n) is 10.8. The van der Waals surface area contributed by atoms with E-state index in [0.29, 0.717) is 11.7 Å². The van der Waals surface area contributed by atoms with E-state index in [1.54, 1.807) is 4.90 Å². The molecular formula is C25H29N3O3. The van der Waals surface area contributed by atoms with Crippen LogP contribution in [0.2, 0.25) is 0 Å². The molecule has 1 saturated carbocycles. The number of nitrogens with zero attached hydrogens (tertiary/aromatic N) is 3. The lowest BCUT2D eigenvalue weighted by atomic mass is 10.1. The molecular weight excluding hydrogens is 390 g/mol. The Balaban J connectivity index is 1.57. The molecule has 0 radical (unpaired) electrons. The highest BCUT2D eigenvalue weighted by Crippen LogP contribution is 2.31. The maximum atomic E-state index is 12.9. The molecule has 1 aromatic heterocycles. The average molecular weight is 420 g/mol. The van der Waals surface area contributed by atoms with Crippen LogP contribution < -0.4 is 4.90 Å². The average Bonchev–Trinajstić information content (AvgIpc) is 3.40. The first-order valence-corrected chi connectivity index (χ1v) is 10.8. The number of hydrogen-bond acceptors (Lipinski definition) is 5. The van der Waals surface area contributed by atoms with E-state index in [0.717, 1.165) is 42.5 Å². The van der Waals surface area contributed by atoms with Gasteiger partial charge in [0.15, 0.2) is 0 Å². The van der Waals surface area contributed by atoms with Gasteiger partial charge in [0, 0.05) is 22.9 Å². The summed E-state index contributed by atoms with van der Waals surface area (Å²) in [4.78, 5) is 19.3. The first kappa shape index (κ1) is 21.1. The zero-order chi connectivity index (χ0) is 22.0. The summed E-state index contributed by atoms with van der Waals surface area (Å²) in [6, 6.07) is 15.8. The van der Waals surface area contributed by atoms with Crippen molar-refractivity contribution in [3.8, 4) is 22.8 Å². The smallest absolute Gasteiger partial charge is 0.415 e. The van der Waals surface area contributed by atoms with Crippen LogP contribution in [0.3, 0.4) is 0 Å². The van der Waals surface area contributed by atoms with Crippen molar-refractivity contribution in [2.45, 2.75) is 65.0 Å². The first-order chi connectivity index (χ1) is 14.8. The van der Waals surface area contributed by atoms with Gasteiger partial charge in [0.25, 0.3) is 5.89 Å². The van der Waals surface area contributed by atoms with Crippen LogP contribution in [0.1, 0.15) is 52.0 Å². The van der Waals surface area contributed by atoms with E-state index in [1.165, 1.54) is 5.56 Å². The topological polar surface area (TPSA) is 68.5 Å². The Morgan fingerprint density at radius 1 is 1.00 bits per heavy atom. The van der Waals surface area contributed by atoms with Crippen LogP contribution in [0.15, 0.2) is 53.1 Å². The third-order valence-corrected chi connectivity index (χ3v) is 5.41. The fourth-order valence-electron chi connectivity index (χ4n) is 3.86. The number of hydrogen-bond donors (Lipinski definition) is 0. The predicted octanol–water partition coefficient (Wildman–Crippen LogP) is 6.40. The van der Waals surface area contributed by atoms with Gasteiger partial charge in [-0.05, 0) is 76.9 Å². The van der Waals surface area contributed by atoms with Crippen LogP contribution in [0.25, 0.3) is 22.8 Å². The van der Waals surface area contributed by atoms with E-state index >= 15 is 0 Å². The normalized spacial score (nSPS) is 14.6. The van der Waals surface area contributed by atoms with Crippen LogP contribution >= 0.6 is 0 Å². The molecule has 0 bridgehead atoms. The second-order valence-electron chi connectivity index (χ2n) is 9.12. The second-order valence-corrected chi connectivity index (χ2v) is 9.12. The molecule has 0 N–H and O–H groups in total. The van der Waals surface area contributed by atoms with Gasteiger partial charge in [0.05, 0.1) is 0 Å². The molecule has 2 aromatic carbocycles. The van der Waals surface area contributed by atoms with Gasteiger partial charge in [0.2, 0.25) is 5.82 Å². The Morgan fingerprint density at radius 3 is 2.23 bits per heavy atom. The SMILES string of the molecule is Cc1ccc(-c2nc(-c3ccc(N(C(=O)OC(C)(C)C)C4CCCC4)cc3)no2)cc1. The summed E-state index contributed by atoms with van der Waals surface area (Å²) in [6.07, 6.45) is 3.95. The van der Waals surface area contributed by atoms with Crippen LogP contribution in [0, 0.1) is 6.92 Å². The molecule has 0 spiro atoms. The maximum absolute atomic E-state index is 12.9. The summed E-state index contributed by atoms with van der Waals surface area (Å²) in [5.41, 5.74) is 3.19. The number of carbonyl (C=O) groups excluding carboxylic acids is 1. The van der Waals surface area contributed by atoms with Crippen molar-refractivity contribution < 1.29 is 14.1 Å². The van der Waals surface area contributed by atoms with Crippen LogP contribution in [-0.2, 0) is 4.74 Å². The van der Waals surface area contributed by atoms with Crippen LogP contribution in [0.4, 0.5) is 10.5 Å². The lowest BCUT2D eigenvalue weighted by Crippen LogP contribution is -2.42. The standard InChI is InChI=1S/C25H29N3O3/c1-17-9-11-19(12-10-17)23-26-22(27-31-23)18-13-15-21(16-14-18)28(20-7-5-6-8-20)24(29)30-25(2,3)4/h9-16,20H,5-8H2,1-4H3. The van der Waals surface area contributed by atoms with Crippen molar-refractivity contribution in [1.82, 2.24) is 10.1 Å². The Hall–Kier alpha value is -3.15. The van der Waals surface area contributed by atoms with E-state index in [4.69, 9.17) is 9.26 Å². The van der Waals surface area contributed by atoms with Crippen molar-refractivity contribution in [3.05, 3.63) is 54.1 Å². The third kappa shape index (κ3) is 4.95. The lowest BCUT2D eigenvalue weighted by Gasteiger charge is -2.31. The Labute approximate surface area is 183 Å². The van der Waals surface area contributed by atoms with E-state index in [-0.39, 0.29) is 12.1 Å². The molecule has 1 heterocycles. The number of benzene rings is 2. The summed E-state index contributed by atoms with van der Waals surface area (Å²) in [5.74, 6) is 1.01. The summed E-state index contributed by atoms with van der Waals surface area (Å²) in [6.45, 7) is 7.71. The minimum atomic E-state index is -0.537. The van der Waals surface area contributed by atoms with Gasteiger partial charge < -0.3 is 9.26 Å². The summed E-state index contributed by atoms with van der Waals surface area (Å²) in [7, 11) is 0. The molecule has 6 nitrogen and oxygen atoms in total. The molecule has 31 heavy (non-hydrogen) atoms. The van der Waals surface area contributed by atoms with Gasteiger partial charge >= 0.3 is 6.09 Å². The number of rotatable bonds is 4. The van der Waals surface area contributed by atoms with Gasteiger partial charge in [-0.1, -0.05) is 35.7 Å². The van der Waals surface area contributed by atoms with Gasteiger partial charge in [-0.2, -0.15) is 4.98 Å². The Morgan fingerprint density at radius 2 is 1.61 bits per heavy atom. The molecule has 0 saturated heterocycles. The van der Waals surface area contributed by atoms with Gasteiger partial charge in [0.1, 0.15) is 5.60 Å². The number of anilines is 1. The van der Waals surface area contributed by atoms with Gasteiger partial charge in [-0.15, -0.1) is 0 Å². The summed E-state index contributed by atoms with van der Waals surface area (Å²) >= 11 is 0. The Bertz CT molecular complexity index is 1030. The van der Waals surface area contributed by atoms with Crippen LogP contribution in [0.5, 0.6) is 0 Å². The minimum absolute atomic E-state index is 0.166. The number of ether oxygens (including phenoxy) is 1. The third-order valence-electron chi connectivity index (χ3n) is 5.41. The van der Waals surface area contributed by atoms with Crippen LogP contribution in [-0.4, -0.2) is 27.9 Å². The molecule has 162 valence electrons. The van der Waals surface area contributed by atoms with Crippen molar-refractivity contribution in [2.24, 2.45) is 0 Å². The fourth-order valence-corrected chi connectivity index (χ4v) is 3.86. The zero-order valence-electron chi connectivity index (χ0n) is 18.6. The zero-order valence-corrected chi connectivity index (χ0v) is 18.6. The largest absolute Gasteiger partial charge is 0.443 e. The maximum Gasteiger partial charge on any atom is 0.415 e. The van der Waals surface area contributed by atoms with Crippen molar-refractivity contribution >= 4 is 11.8 Å². The second kappa shape index (κ2) is 8.53. The number of carbonyl (C=O) groups is 1. The highest BCUT2D eigenvalue weighted by Gasteiger charge is 2.31. The molecule has 3 aromatic rings. The van der Waals surface area contributed by atoms with Crippen molar-refractivity contribution in [1.29, 1.82) is 0 Å². The lowest BCUT2D eigenvalue weighted by molar-refractivity contribution is 0.0566. The monoisotopic (exact) mass is 419 g/mol. The molecule has 1 fully saturated rings. The highest BCUT2D eigenvalue weighted by atomic mass is 16.6. The predicted molar refractivity (Wildman–Crippen MR) is 121 cm³/mol.